The van der Waals surface area contributed by atoms with E-state index in [-0.39, 0.29) is 31.1 Å². The van der Waals surface area contributed by atoms with Crippen molar-refractivity contribution < 1.29 is 28.6 Å². The smallest absolute Gasteiger partial charge is 0.306 e. The third-order valence-electron chi connectivity index (χ3n) is 16.6. The number of ether oxygens (including phenoxy) is 3. The molecule has 0 amide bonds. The number of hydrogen-bond donors (Lipinski definition) is 0. The Morgan fingerprint density at radius 1 is 0.208 bits per heavy atom. The quantitative estimate of drug-likeness (QED) is 0.0343. The van der Waals surface area contributed by atoms with Crippen LogP contribution in [0.4, 0.5) is 0 Å². The summed E-state index contributed by atoms with van der Waals surface area (Å²) in [6.07, 6.45) is 78.8. The summed E-state index contributed by atoms with van der Waals surface area (Å²) >= 11 is 0. The standard InChI is InChI=1S/C71H138O6/c1-4-7-10-13-16-19-21-23-25-27-28-29-30-31-32-33-34-35-36-37-38-39-40-41-42-44-45-47-49-52-55-58-61-64-70(73)76-67-68(66-75-69(72)63-60-57-54-51-18-15-12-9-6-3)77-71(74)65-62-59-56-53-50-48-46-43-26-24-22-20-17-14-11-8-5-2/h68H,4-67H2,1-3H3. The van der Waals surface area contributed by atoms with Crippen molar-refractivity contribution in [1.29, 1.82) is 0 Å². The lowest BCUT2D eigenvalue weighted by Crippen LogP contribution is -2.30. The minimum atomic E-state index is -0.762. The first kappa shape index (κ1) is 75.4. The van der Waals surface area contributed by atoms with Gasteiger partial charge in [0.05, 0.1) is 0 Å². The molecule has 0 saturated heterocycles. The van der Waals surface area contributed by atoms with Gasteiger partial charge in [0.2, 0.25) is 0 Å². The van der Waals surface area contributed by atoms with Crippen molar-refractivity contribution in [2.75, 3.05) is 13.2 Å². The summed E-state index contributed by atoms with van der Waals surface area (Å²) in [4.78, 5) is 38.2. The molecule has 0 bridgehead atoms. The van der Waals surface area contributed by atoms with Crippen LogP contribution in [0, 0.1) is 0 Å². The van der Waals surface area contributed by atoms with E-state index in [1.54, 1.807) is 0 Å². The highest BCUT2D eigenvalue weighted by Gasteiger charge is 2.19. The predicted molar refractivity (Wildman–Crippen MR) is 335 cm³/mol. The molecule has 0 aliphatic heterocycles. The molecule has 0 aromatic rings. The Balaban J connectivity index is 3.97. The van der Waals surface area contributed by atoms with Crippen LogP contribution >= 0.6 is 0 Å². The van der Waals surface area contributed by atoms with Crippen LogP contribution in [0.5, 0.6) is 0 Å². The van der Waals surface area contributed by atoms with E-state index in [1.807, 2.05) is 0 Å². The van der Waals surface area contributed by atoms with Gasteiger partial charge in [0.1, 0.15) is 13.2 Å². The Bertz CT molecular complexity index is 1160. The minimum Gasteiger partial charge on any atom is -0.462 e. The summed E-state index contributed by atoms with van der Waals surface area (Å²) < 4.78 is 16.9. The fourth-order valence-electron chi connectivity index (χ4n) is 11.3. The van der Waals surface area contributed by atoms with Gasteiger partial charge in [-0.05, 0) is 19.3 Å². The van der Waals surface area contributed by atoms with Crippen molar-refractivity contribution in [2.45, 2.75) is 425 Å². The van der Waals surface area contributed by atoms with E-state index < -0.39 is 6.10 Å². The summed E-state index contributed by atoms with van der Waals surface area (Å²) in [7, 11) is 0. The number of unbranched alkanes of at least 4 members (excludes halogenated alkanes) is 56. The fraction of sp³-hybridized carbons (Fsp3) is 0.958. The predicted octanol–water partition coefficient (Wildman–Crippen LogP) is 24.2. The molecule has 0 rings (SSSR count). The lowest BCUT2D eigenvalue weighted by Gasteiger charge is -2.18. The molecule has 0 radical (unpaired) electrons. The maximum absolute atomic E-state index is 12.9. The summed E-state index contributed by atoms with van der Waals surface area (Å²) in [5.41, 5.74) is 0. The first-order valence-corrected chi connectivity index (χ1v) is 35.5. The lowest BCUT2D eigenvalue weighted by atomic mass is 10.0. The Hall–Kier alpha value is -1.59. The van der Waals surface area contributed by atoms with Gasteiger partial charge in [-0.25, -0.2) is 0 Å². The Labute approximate surface area is 482 Å². The molecule has 0 aromatic carbocycles. The van der Waals surface area contributed by atoms with Crippen LogP contribution < -0.4 is 0 Å². The molecule has 6 heteroatoms. The van der Waals surface area contributed by atoms with E-state index in [1.165, 1.54) is 321 Å². The SMILES string of the molecule is CCCCCCCCCCCCCCCCCCCCCCCCCCCCCCCCCCCC(=O)OCC(COC(=O)CCCCCCCCCCC)OC(=O)CCCCCCCCCCCCCCCCCCC. The van der Waals surface area contributed by atoms with Crippen LogP contribution in [0.25, 0.3) is 0 Å². The second-order valence-corrected chi connectivity index (χ2v) is 24.5. The van der Waals surface area contributed by atoms with E-state index in [4.69, 9.17) is 14.2 Å². The molecular formula is C71H138O6. The molecule has 0 fully saturated rings. The average Bonchev–Trinajstić information content (AvgIpc) is 3.43. The van der Waals surface area contributed by atoms with Crippen LogP contribution in [0.3, 0.4) is 0 Å². The summed E-state index contributed by atoms with van der Waals surface area (Å²) in [5, 5.41) is 0. The molecule has 0 aliphatic rings. The highest BCUT2D eigenvalue weighted by Crippen LogP contribution is 2.20. The molecule has 0 aliphatic carbocycles. The van der Waals surface area contributed by atoms with Crippen molar-refractivity contribution in [2.24, 2.45) is 0 Å². The number of esters is 3. The first-order valence-electron chi connectivity index (χ1n) is 35.5. The molecule has 1 unspecified atom stereocenters. The summed E-state index contributed by atoms with van der Waals surface area (Å²) in [5.74, 6) is -0.829. The lowest BCUT2D eigenvalue weighted by molar-refractivity contribution is -0.167. The second-order valence-electron chi connectivity index (χ2n) is 24.5. The Kier molecular flexibility index (Phi) is 65.5. The molecule has 458 valence electrons. The van der Waals surface area contributed by atoms with Crippen LogP contribution in [0.2, 0.25) is 0 Å². The van der Waals surface area contributed by atoms with Crippen LogP contribution in [0.15, 0.2) is 0 Å². The molecule has 0 heterocycles. The van der Waals surface area contributed by atoms with Gasteiger partial charge in [-0.2, -0.15) is 0 Å². The molecule has 0 saturated carbocycles. The molecular weight excluding hydrogens is 949 g/mol. The maximum atomic E-state index is 12.9. The van der Waals surface area contributed by atoms with E-state index in [2.05, 4.69) is 20.8 Å². The fourth-order valence-corrected chi connectivity index (χ4v) is 11.3. The average molecular weight is 1090 g/mol. The zero-order chi connectivity index (χ0) is 55.7. The zero-order valence-electron chi connectivity index (χ0n) is 52.8. The molecule has 1 atom stereocenters. The van der Waals surface area contributed by atoms with Gasteiger partial charge in [-0.3, -0.25) is 14.4 Å². The van der Waals surface area contributed by atoms with Gasteiger partial charge in [0.25, 0.3) is 0 Å². The number of rotatable bonds is 67. The van der Waals surface area contributed by atoms with Gasteiger partial charge in [-0.15, -0.1) is 0 Å². The molecule has 0 spiro atoms. The highest BCUT2D eigenvalue weighted by atomic mass is 16.6. The normalized spacial score (nSPS) is 11.9. The number of carbonyl (C=O) groups is 3. The van der Waals surface area contributed by atoms with Crippen molar-refractivity contribution in [3.05, 3.63) is 0 Å². The third kappa shape index (κ3) is 65.1. The van der Waals surface area contributed by atoms with Gasteiger partial charge in [0.15, 0.2) is 6.10 Å². The van der Waals surface area contributed by atoms with Crippen LogP contribution in [-0.2, 0) is 28.6 Å². The van der Waals surface area contributed by atoms with Crippen molar-refractivity contribution in [3.8, 4) is 0 Å². The molecule has 6 nitrogen and oxygen atoms in total. The maximum Gasteiger partial charge on any atom is 0.306 e. The minimum absolute atomic E-state index is 0.0609. The molecule has 77 heavy (non-hydrogen) atoms. The molecule has 0 N–H and O–H groups in total. The van der Waals surface area contributed by atoms with Crippen molar-refractivity contribution >= 4 is 17.9 Å². The Morgan fingerprint density at radius 2 is 0.351 bits per heavy atom. The van der Waals surface area contributed by atoms with Crippen molar-refractivity contribution in [3.63, 3.8) is 0 Å². The topological polar surface area (TPSA) is 78.9 Å². The van der Waals surface area contributed by atoms with E-state index in [9.17, 15) is 14.4 Å². The summed E-state index contributed by atoms with van der Waals surface area (Å²) in [6, 6.07) is 0. The Morgan fingerprint density at radius 3 is 0.519 bits per heavy atom. The van der Waals surface area contributed by atoms with Gasteiger partial charge < -0.3 is 14.2 Å². The highest BCUT2D eigenvalue weighted by molar-refractivity contribution is 5.71. The van der Waals surface area contributed by atoms with E-state index in [0.717, 1.165) is 57.8 Å². The monoisotopic (exact) mass is 1090 g/mol. The summed E-state index contributed by atoms with van der Waals surface area (Å²) in [6.45, 7) is 6.71. The number of carbonyl (C=O) groups excluding carboxylic acids is 3. The van der Waals surface area contributed by atoms with Gasteiger partial charge >= 0.3 is 17.9 Å². The molecule has 0 aromatic heterocycles. The van der Waals surface area contributed by atoms with Gasteiger partial charge in [-0.1, -0.05) is 380 Å². The first-order chi connectivity index (χ1) is 38.0. The van der Waals surface area contributed by atoms with Crippen molar-refractivity contribution in [1.82, 2.24) is 0 Å². The zero-order valence-corrected chi connectivity index (χ0v) is 52.8. The second kappa shape index (κ2) is 66.9. The van der Waals surface area contributed by atoms with E-state index in [0.29, 0.717) is 19.3 Å². The van der Waals surface area contributed by atoms with Crippen LogP contribution in [-0.4, -0.2) is 37.2 Å². The van der Waals surface area contributed by atoms with Gasteiger partial charge in [0, 0.05) is 19.3 Å². The largest absolute Gasteiger partial charge is 0.462 e. The van der Waals surface area contributed by atoms with Crippen LogP contribution in [0.1, 0.15) is 419 Å². The van der Waals surface area contributed by atoms with E-state index >= 15 is 0 Å². The number of hydrogen-bond acceptors (Lipinski definition) is 6. The third-order valence-corrected chi connectivity index (χ3v) is 16.6.